The summed E-state index contributed by atoms with van der Waals surface area (Å²) in [5.74, 6) is -0.0681. The number of aliphatic imine (C=N–C) groups is 1. The molecule has 0 spiro atoms. The summed E-state index contributed by atoms with van der Waals surface area (Å²) in [4.78, 5) is 34.5. The highest BCUT2D eigenvalue weighted by molar-refractivity contribution is 6.03. The van der Waals surface area contributed by atoms with Crippen molar-refractivity contribution in [1.29, 1.82) is 0 Å². The molecule has 0 aromatic carbocycles. The Morgan fingerprint density at radius 2 is 2.25 bits per heavy atom. The molecule has 7 nitrogen and oxygen atoms in total. The quantitative estimate of drug-likeness (QED) is 0.803. The number of aromatic nitrogens is 1. The number of pyridine rings is 1. The van der Waals surface area contributed by atoms with Crippen LogP contribution >= 0.6 is 0 Å². The molecule has 3 heterocycles. The number of fused-ring (bicyclic) bond motifs is 1. The molecule has 0 bridgehead atoms. The van der Waals surface area contributed by atoms with E-state index in [9.17, 15) is 18.4 Å². The molecule has 0 aliphatic carbocycles. The number of amidine groups is 1. The van der Waals surface area contributed by atoms with E-state index >= 15 is 0 Å². The molecule has 2 aliphatic heterocycles. The minimum atomic E-state index is -2.57. The van der Waals surface area contributed by atoms with Crippen LogP contribution in [0.4, 0.5) is 8.78 Å². The fraction of sp³-hybridized carbons (Fsp3) is 0.474. The Morgan fingerprint density at radius 3 is 2.93 bits per heavy atom. The highest BCUT2D eigenvalue weighted by Crippen LogP contribution is 2.31. The number of halogens is 2. The molecule has 28 heavy (non-hydrogen) atoms. The standard InChI is InChI=1S/C19H22F2N4O3/c1-3-16(26)24-17-14-9-25(19(27)13(14)4-5-22-17)8-12-6-11(2)18(23-7-12)28-10-15(20)21/h4-7,13-15H,3,8-10H2,1-2H3,(H,22,24,26). The van der Waals surface area contributed by atoms with Gasteiger partial charge in [-0.1, -0.05) is 13.0 Å². The van der Waals surface area contributed by atoms with Crippen LogP contribution in [0.5, 0.6) is 5.88 Å². The number of carbonyl (C=O) groups excluding carboxylic acids is 2. The lowest BCUT2D eigenvalue weighted by Crippen LogP contribution is -2.39. The zero-order valence-electron chi connectivity index (χ0n) is 15.7. The van der Waals surface area contributed by atoms with Crippen molar-refractivity contribution in [2.24, 2.45) is 16.8 Å². The molecule has 2 unspecified atom stereocenters. The minimum absolute atomic E-state index is 0.0462. The van der Waals surface area contributed by atoms with Gasteiger partial charge < -0.3 is 15.0 Å². The molecule has 150 valence electrons. The van der Waals surface area contributed by atoms with Crippen LogP contribution in [-0.2, 0) is 16.1 Å². The van der Waals surface area contributed by atoms with Gasteiger partial charge in [0.25, 0.3) is 6.43 Å². The van der Waals surface area contributed by atoms with Gasteiger partial charge in [-0.05, 0) is 18.6 Å². The Balaban J connectivity index is 1.68. The number of hydrogen-bond acceptors (Lipinski definition) is 5. The van der Waals surface area contributed by atoms with E-state index in [2.05, 4.69) is 15.3 Å². The second kappa shape index (κ2) is 8.45. The molecular weight excluding hydrogens is 370 g/mol. The maximum atomic E-state index is 12.8. The summed E-state index contributed by atoms with van der Waals surface area (Å²) in [5.41, 5.74) is 1.40. The number of hydrogen-bond donors (Lipinski definition) is 1. The molecule has 9 heteroatoms. The summed E-state index contributed by atoms with van der Waals surface area (Å²) in [7, 11) is 0. The van der Waals surface area contributed by atoms with Gasteiger partial charge in [0.2, 0.25) is 17.7 Å². The van der Waals surface area contributed by atoms with Crippen molar-refractivity contribution in [2.45, 2.75) is 33.2 Å². The van der Waals surface area contributed by atoms with Gasteiger partial charge in [-0.15, -0.1) is 0 Å². The number of carbonyl (C=O) groups is 2. The highest BCUT2D eigenvalue weighted by Gasteiger charge is 2.43. The third kappa shape index (κ3) is 4.35. The number of aryl methyl sites for hydroxylation is 1. The fourth-order valence-corrected chi connectivity index (χ4v) is 3.33. The number of amides is 2. The number of nitrogens with zero attached hydrogens (tertiary/aromatic N) is 3. The molecule has 3 rings (SSSR count). The molecular formula is C19H22F2N4O3. The van der Waals surface area contributed by atoms with Gasteiger partial charge >= 0.3 is 0 Å². The number of alkyl halides is 2. The average molecular weight is 392 g/mol. The van der Waals surface area contributed by atoms with Gasteiger partial charge in [0.1, 0.15) is 5.84 Å². The average Bonchev–Trinajstić information content (AvgIpc) is 2.98. The van der Waals surface area contributed by atoms with Gasteiger partial charge in [-0.3, -0.25) is 9.59 Å². The second-order valence-corrected chi connectivity index (χ2v) is 6.78. The van der Waals surface area contributed by atoms with Crippen LogP contribution in [0.15, 0.2) is 29.5 Å². The molecule has 1 aromatic heterocycles. The smallest absolute Gasteiger partial charge is 0.272 e. The first-order valence-electron chi connectivity index (χ1n) is 9.08. The molecule has 0 radical (unpaired) electrons. The predicted octanol–water partition coefficient (Wildman–Crippen LogP) is 2.06. The van der Waals surface area contributed by atoms with Crippen molar-refractivity contribution in [3.63, 3.8) is 0 Å². The van der Waals surface area contributed by atoms with Gasteiger partial charge in [-0.2, -0.15) is 0 Å². The Bertz CT molecular complexity index is 825. The minimum Gasteiger partial charge on any atom is -0.471 e. The van der Waals surface area contributed by atoms with Gasteiger partial charge in [0.15, 0.2) is 6.61 Å². The van der Waals surface area contributed by atoms with Crippen LogP contribution in [-0.4, -0.2) is 47.1 Å². The fourth-order valence-electron chi connectivity index (χ4n) is 3.33. The van der Waals surface area contributed by atoms with E-state index in [1.54, 1.807) is 37.1 Å². The third-order valence-corrected chi connectivity index (χ3v) is 4.70. The summed E-state index contributed by atoms with van der Waals surface area (Å²) in [6.07, 6.45) is 2.59. The molecule has 1 saturated heterocycles. The van der Waals surface area contributed by atoms with E-state index in [-0.39, 0.29) is 29.5 Å². The number of nitrogens with one attached hydrogen (secondary N) is 1. The summed E-state index contributed by atoms with van der Waals surface area (Å²) in [5, 5.41) is 2.78. The van der Waals surface area contributed by atoms with Crippen LogP contribution in [0.2, 0.25) is 0 Å². The van der Waals surface area contributed by atoms with E-state index in [0.29, 0.717) is 30.9 Å². The molecule has 2 atom stereocenters. The molecule has 1 fully saturated rings. The number of rotatable bonds is 6. The molecule has 1 N–H and O–H groups in total. The van der Waals surface area contributed by atoms with Gasteiger partial charge in [-0.25, -0.2) is 18.8 Å². The zero-order valence-corrected chi connectivity index (χ0v) is 15.7. The maximum absolute atomic E-state index is 12.8. The lowest BCUT2D eigenvalue weighted by atomic mass is 9.92. The molecule has 2 amide bonds. The van der Waals surface area contributed by atoms with Crippen molar-refractivity contribution in [3.05, 3.63) is 35.7 Å². The molecule has 1 aromatic rings. The Kier molecular flexibility index (Phi) is 6.01. The first-order valence-corrected chi connectivity index (χ1v) is 9.08. The van der Waals surface area contributed by atoms with Crippen molar-refractivity contribution in [1.82, 2.24) is 15.2 Å². The zero-order chi connectivity index (χ0) is 20.3. The largest absolute Gasteiger partial charge is 0.471 e. The Hall–Kier alpha value is -2.84. The van der Waals surface area contributed by atoms with Crippen molar-refractivity contribution >= 4 is 17.6 Å². The lowest BCUT2D eigenvalue weighted by molar-refractivity contribution is -0.130. The first kappa shape index (κ1) is 19.9. The van der Waals surface area contributed by atoms with Crippen molar-refractivity contribution in [2.75, 3.05) is 13.2 Å². The summed E-state index contributed by atoms with van der Waals surface area (Å²) in [6.45, 7) is 3.52. The van der Waals surface area contributed by atoms with E-state index in [1.165, 1.54) is 6.20 Å². The van der Waals surface area contributed by atoms with Crippen LogP contribution in [0.3, 0.4) is 0 Å². The second-order valence-electron chi connectivity index (χ2n) is 6.78. The van der Waals surface area contributed by atoms with Crippen molar-refractivity contribution < 1.29 is 23.1 Å². The van der Waals surface area contributed by atoms with Crippen molar-refractivity contribution in [3.8, 4) is 5.88 Å². The van der Waals surface area contributed by atoms with Crippen LogP contribution in [0.25, 0.3) is 0 Å². The summed E-state index contributed by atoms with van der Waals surface area (Å²) in [6, 6.07) is 1.77. The Morgan fingerprint density at radius 1 is 1.46 bits per heavy atom. The van der Waals surface area contributed by atoms with E-state index in [4.69, 9.17) is 4.74 Å². The van der Waals surface area contributed by atoms with E-state index in [1.807, 2.05) is 0 Å². The summed E-state index contributed by atoms with van der Waals surface area (Å²) >= 11 is 0. The molecule has 2 aliphatic rings. The number of ether oxygens (including phenoxy) is 1. The van der Waals surface area contributed by atoms with Gasteiger partial charge in [0.05, 0.1) is 5.92 Å². The monoisotopic (exact) mass is 392 g/mol. The predicted molar refractivity (Wildman–Crippen MR) is 97.9 cm³/mol. The normalized spacial score (nSPS) is 21.0. The summed E-state index contributed by atoms with van der Waals surface area (Å²) < 4.78 is 29.5. The first-order chi connectivity index (χ1) is 13.4. The number of likely N-dealkylation sites (tertiary alicyclic amines) is 1. The Labute approximate surface area is 161 Å². The van der Waals surface area contributed by atoms with Crippen LogP contribution in [0, 0.1) is 18.8 Å². The van der Waals surface area contributed by atoms with Gasteiger partial charge in [0, 0.05) is 43.4 Å². The highest BCUT2D eigenvalue weighted by atomic mass is 19.3. The van der Waals surface area contributed by atoms with Crippen LogP contribution < -0.4 is 10.1 Å². The third-order valence-electron chi connectivity index (χ3n) is 4.70. The maximum Gasteiger partial charge on any atom is 0.272 e. The van der Waals surface area contributed by atoms with Crippen LogP contribution in [0.1, 0.15) is 24.5 Å². The molecule has 0 saturated carbocycles. The SMILES string of the molecule is CCC(=O)NC1=NC=CC2C(=O)N(Cc3cnc(OCC(F)F)c(C)c3)CC12. The topological polar surface area (TPSA) is 83.9 Å². The van der Waals surface area contributed by atoms with E-state index < -0.39 is 13.0 Å². The lowest BCUT2D eigenvalue weighted by Gasteiger charge is -2.19. The van der Waals surface area contributed by atoms with E-state index in [0.717, 1.165) is 5.56 Å².